The second kappa shape index (κ2) is 29.9. The Balaban J connectivity index is 1.51. The summed E-state index contributed by atoms with van der Waals surface area (Å²) in [4.78, 5) is 3.83. The fourth-order valence-corrected chi connectivity index (χ4v) is 8.91. The van der Waals surface area contributed by atoms with Crippen LogP contribution in [0.3, 0.4) is 0 Å². The lowest BCUT2D eigenvalue weighted by Crippen LogP contribution is -2.43. The predicted octanol–water partition coefficient (Wildman–Crippen LogP) is 15.9. The first-order valence-corrected chi connectivity index (χ1v) is 23.3. The molecule has 2 unspecified atom stereocenters. The maximum absolute atomic E-state index is 3.83. The zero-order valence-corrected chi connectivity index (χ0v) is 35.4. The zero-order chi connectivity index (χ0) is 37.5. The molecule has 0 fully saturated rings. The molecule has 1 N–H and O–H groups in total. The number of nitrogens with zero attached hydrogens (tertiary/aromatic N) is 1. The van der Waals surface area contributed by atoms with Gasteiger partial charge < -0.3 is 0 Å². The van der Waals surface area contributed by atoms with Gasteiger partial charge in [0.15, 0.2) is 0 Å². The highest BCUT2D eigenvalue weighted by Gasteiger charge is 2.42. The summed E-state index contributed by atoms with van der Waals surface area (Å²) in [6, 6.07) is 22.7. The number of aromatic amines is 1. The minimum atomic E-state index is 0.00125. The normalized spacial score (nSPS) is 13.3. The summed E-state index contributed by atoms with van der Waals surface area (Å²) in [5.74, 6) is 1.88. The Labute approximate surface area is 329 Å². The van der Waals surface area contributed by atoms with E-state index >= 15 is 0 Å². The molecule has 0 spiro atoms. The summed E-state index contributed by atoms with van der Waals surface area (Å²) in [5.41, 5.74) is 2.91. The van der Waals surface area contributed by atoms with Gasteiger partial charge in [0, 0.05) is 5.41 Å². The van der Waals surface area contributed by atoms with Crippen molar-refractivity contribution < 1.29 is 4.57 Å². The molecule has 2 atom stereocenters. The van der Waals surface area contributed by atoms with Crippen molar-refractivity contribution in [2.24, 2.45) is 0 Å². The minimum Gasteiger partial charge on any atom is -0.247 e. The summed E-state index contributed by atoms with van der Waals surface area (Å²) in [6.45, 7) is 8.30. The van der Waals surface area contributed by atoms with Crippen LogP contribution in [0.1, 0.15) is 230 Å². The molecule has 0 saturated heterocycles. The van der Waals surface area contributed by atoms with Gasteiger partial charge in [-0.05, 0) is 36.8 Å². The molecule has 1 heterocycles. The molecule has 1 aromatic heterocycles. The van der Waals surface area contributed by atoms with E-state index in [-0.39, 0.29) is 5.41 Å². The molecular weight excluding hydrogens is 641 g/mol. The van der Waals surface area contributed by atoms with E-state index in [2.05, 4.69) is 103 Å². The van der Waals surface area contributed by atoms with Gasteiger partial charge in [-0.25, -0.2) is 9.55 Å². The van der Waals surface area contributed by atoms with Gasteiger partial charge in [-0.2, -0.15) is 0 Å². The molecule has 53 heavy (non-hydrogen) atoms. The van der Waals surface area contributed by atoms with Crippen molar-refractivity contribution in [1.29, 1.82) is 0 Å². The van der Waals surface area contributed by atoms with Gasteiger partial charge in [-0.3, -0.25) is 0 Å². The third-order valence-corrected chi connectivity index (χ3v) is 12.3. The van der Waals surface area contributed by atoms with Crippen LogP contribution in [0, 0.1) is 0 Å². The Hall–Kier alpha value is -2.35. The number of H-pyrrole nitrogens is 1. The van der Waals surface area contributed by atoms with Crippen LogP contribution in [0.2, 0.25) is 0 Å². The molecule has 0 radical (unpaired) electrons. The van der Waals surface area contributed by atoms with E-state index in [1.54, 1.807) is 0 Å². The molecule has 3 aromatic rings. The number of benzene rings is 2. The summed E-state index contributed by atoms with van der Waals surface area (Å²) in [5, 5.41) is 0. The molecule has 2 nitrogen and oxygen atoms in total. The Morgan fingerprint density at radius 1 is 0.491 bits per heavy atom. The second-order valence-electron chi connectivity index (χ2n) is 17.0. The largest absolute Gasteiger partial charge is 0.258 e. The molecule has 0 bridgehead atoms. The van der Waals surface area contributed by atoms with Crippen molar-refractivity contribution in [3.8, 4) is 0 Å². The first-order chi connectivity index (χ1) is 26.2. The van der Waals surface area contributed by atoms with Crippen molar-refractivity contribution >= 4 is 0 Å². The van der Waals surface area contributed by atoms with Crippen LogP contribution >= 0.6 is 0 Å². The van der Waals surface area contributed by atoms with Gasteiger partial charge in [0.1, 0.15) is 12.4 Å². The van der Waals surface area contributed by atoms with Gasteiger partial charge in [-0.1, -0.05) is 248 Å². The van der Waals surface area contributed by atoms with Gasteiger partial charge in [0.05, 0.1) is 12.5 Å². The maximum atomic E-state index is 3.83. The van der Waals surface area contributed by atoms with Crippen LogP contribution in [0.15, 0.2) is 73.1 Å². The smallest absolute Gasteiger partial charge is 0.247 e. The van der Waals surface area contributed by atoms with Crippen molar-refractivity contribution in [3.63, 3.8) is 0 Å². The molecule has 0 aliphatic heterocycles. The van der Waals surface area contributed by atoms with Crippen molar-refractivity contribution in [2.75, 3.05) is 0 Å². The van der Waals surface area contributed by atoms with E-state index in [1.165, 1.54) is 203 Å². The van der Waals surface area contributed by atoms with Crippen LogP contribution < -0.4 is 4.57 Å². The zero-order valence-electron chi connectivity index (χ0n) is 35.4. The summed E-state index contributed by atoms with van der Waals surface area (Å²) < 4.78 is 2.60. The van der Waals surface area contributed by atoms with Crippen LogP contribution in [0.25, 0.3) is 0 Å². The average Bonchev–Trinajstić information content (AvgIpc) is 3.65. The maximum Gasteiger partial charge on any atom is 0.258 e. The number of nitrogens with one attached hydrogen (secondary N) is 1. The van der Waals surface area contributed by atoms with E-state index in [0.717, 1.165) is 13.0 Å². The lowest BCUT2D eigenvalue weighted by molar-refractivity contribution is -0.705. The summed E-state index contributed by atoms with van der Waals surface area (Å²) in [7, 11) is 0. The molecule has 2 aromatic carbocycles. The van der Waals surface area contributed by atoms with Gasteiger partial charge in [-0.15, -0.1) is 0 Å². The van der Waals surface area contributed by atoms with E-state index in [0.29, 0.717) is 5.92 Å². The highest BCUT2D eigenvalue weighted by atomic mass is 15.1. The molecule has 0 amide bonds. The van der Waals surface area contributed by atoms with Crippen molar-refractivity contribution in [3.05, 3.63) is 90.0 Å². The van der Waals surface area contributed by atoms with E-state index in [9.17, 15) is 0 Å². The van der Waals surface area contributed by atoms with Gasteiger partial charge in [0.2, 0.25) is 0 Å². The Bertz CT molecular complexity index is 1220. The number of hydrogen-bond donors (Lipinski definition) is 1. The lowest BCUT2D eigenvalue weighted by atomic mass is 9.66. The molecule has 3 rings (SSSR count). The molecule has 298 valence electrons. The highest BCUT2D eigenvalue weighted by molar-refractivity contribution is 5.32. The van der Waals surface area contributed by atoms with E-state index in [4.69, 9.17) is 0 Å². The molecular formula is C51H85N2+. The number of unbranched alkanes of at least 4 members (excludes halogenated alkanes) is 26. The Morgan fingerprint density at radius 2 is 0.887 bits per heavy atom. The third kappa shape index (κ3) is 19.2. The number of aryl methyl sites for hydroxylation is 1. The third-order valence-electron chi connectivity index (χ3n) is 12.3. The average molecular weight is 726 g/mol. The fraction of sp³-hybridized carbons (Fsp3) is 0.706. The number of aromatic nitrogens is 2. The lowest BCUT2D eigenvalue weighted by Gasteiger charge is -2.37. The molecule has 0 aliphatic carbocycles. The van der Waals surface area contributed by atoms with Crippen molar-refractivity contribution in [1.82, 2.24) is 4.98 Å². The number of hydrogen-bond acceptors (Lipinski definition) is 0. The van der Waals surface area contributed by atoms with E-state index < -0.39 is 0 Å². The molecule has 0 saturated carbocycles. The van der Waals surface area contributed by atoms with Crippen molar-refractivity contribution in [2.45, 2.75) is 231 Å². The minimum absolute atomic E-state index is 0.00125. The second-order valence-corrected chi connectivity index (χ2v) is 17.0. The number of imidazole rings is 1. The summed E-state index contributed by atoms with van der Waals surface area (Å²) >= 11 is 0. The first kappa shape index (κ1) is 45.0. The Kier molecular flexibility index (Phi) is 25.4. The molecule has 2 heteroatoms. The monoisotopic (exact) mass is 726 g/mol. The van der Waals surface area contributed by atoms with Gasteiger partial charge in [0.25, 0.3) is 5.82 Å². The van der Waals surface area contributed by atoms with Gasteiger partial charge >= 0.3 is 0 Å². The topological polar surface area (TPSA) is 19.7 Å². The quantitative estimate of drug-likeness (QED) is 0.0460. The standard InChI is InChI=1S/C51H84N2/c1-4-6-8-10-12-14-16-18-20-22-24-26-28-36-42-49(51(3,48-40-34-31-35-41-48)46-47-38-32-30-33-39-47)50-52-43-45-53(50)44-37-29-27-25-23-21-19-17-15-13-11-9-7-5-2/h30-35,38-41,43,45,49H,4-29,36-37,42,44,46H2,1-3H3/p+1. The fourth-order valence-electron chi connectivity index (χ4n) is 8.91. The number of rotatable bonds is 35. The Morgan fingerprint density at radius 3 is 1.34 bits per heavy atom. The van der Waals surface area contributed by atoms with Crippen LogP contribution in [0.4, 0.5) is 0 Å². The van der Waals surface area contributed by atoms with Crippen LogP contribution in [0.5, 0.6) is 0 Å². The predicted molar refractivity (Wildman–Crippen MR) is 233 cm³/mol. The first-order valence-electron chi connectivity index (χ1n) is 23.3. The van der Waals surface area contributed by atoms with Crippen LogP contribution in [-0.4, -0.2) is 4.98 Å². The highest BCUT2D eigenvalue weighted by Crippen LogP contribution is 2.43. The summed E-state index contributed by atoms with van der Waals surface area (Å²) in [6.07, 6.45) is 46.3. The SMILES string of the molecule is CCCCCCCCCCCCCCCCC(c1[nH]cc[n+]1CCCCCCCCCCCCCCCC)C(C)(Cc1ccccc1)c1ccccc1. The van der Waals surface area contributed by atoms with E-state index in [1.807, 2.05) is 0 Å². The van der Waals surface area contributed by atoms with Crippen LogP contribution in [-0.2, 0) is 18.4 Å². The molecule has 0 aliphatic rings.